The van der Waals surface area contributed by atoms with Crippen LogP contribution < -0.4 is 10.5 Å². The number of ketones is 1. The van der Waals surface area contributed by atoms with Crippen LogP contribution in [0.2, 0.25) is 5.02 Å². The van der Waals surface area contributed by atoms with Gasteiger partial charge in [-0.1, -0.05) is 23.7 Å². The summed E-state index contributed by atoms with van der Waals surface area (Å²) in [5.74, 6) is 0.422. The van der Waals surface area contributed by atoms with Gasteiger partial charge in [0.15, 0.2) is 5.78 Å². The Morgan fingerprint density at radius 1 is 1.21 bits per heavy atom. The highest BCUT2D eigenvalue weighted by atomic mass is 35.5. The Bertz CT molecular complexity index is 1100. The quantitative estimate of drug-likeness (QED) is 0.616. The van der Waals surface area contributed by atoms with E-state index in [0.717, 1.165) is 19.4 Å². The Kier molecular flexibility index (Phi) is 5.40. The zero-order chi connectivity index (χ0) is 20.4. The molecule has 4 rings (SSSR count). The van der Waals surface area contributed by atoms with E-state index in [1.165, 1.54) is 17.0 Å². The Balaban J connectivity index is 1.64. The first kappa shape index (κ1) is 19.3. The average Bonchev–Trinajstić information content (AvgIpc) is 2.75. The maximum Gasteiger partial charge on any atom is 0.255 e. The van der Waals surface area contributed by atoms with Crippen LogP contribution in [0.15, 0.2) is 53.7 Å². The predicted molar refractivity (Wildman–Crippen MR) is 111 cm³/mol. The molecule has 2 aromatic heterocycles. The molecule has 1 aliphatic heterocycles. The van der Waals surface area contributed by atoms with Gasteiger partial charge < -0.3 is 4.90 Å². The van der Waals surface area contributed by atoms with E-state index in [1.54, 1.807) is 43.6 Å². The first-order valence-electron chi connectivity index (χ1n) is 9.42. The molecular weight excluding hydrogens is 390 g/mol. The van der Waals surface area contributed by atoms with Gasteiger partial charge >= 0.3 is 0 Å². The molecule has 1 aromatic carbocycles. The van der Waals surface area contributed by atoms with Crippen molar-refractivity contribution in [3.05, 3.63) is 69.9 Å². The summed E-state index contributed by atoms with van der Waals surface area (Å²) in [5, 5.41) is 0.546. The number of carbonyl (C=O) groups is 1. The van der Waals surface area contributed by atoms with Crippen LogP contribution in [0.1, 0.15) is 23.2 Å². The molecule has 3 heterocycles. The van der Waals surface area contributed by atoms with Gasteiger partial charge in [0, 0.05) is 48.9 Å². The van der Waals surface area contributed by atoms with E-state index in [4.69, 9.17) is 11.6 Å². The SMILES string of the molecule is Cn1c(N2CCCC(C(=O)c3cccc(Cl)c3)C2)nc(-c2ccncn2)cc1=O. The molecule has 0 spiro atoms. The summed E-state index contributed by atoms with van der Waals surface area (Å²) in [7, 11) is 1.69. The number of nitrogens with zero attached hydrogens (tertiary/aromatic N) is 5. The van der Waals surface area contributed by atoms with Crippen LogP contribution in [-0.2, 0) is 7.05 Å². The minimum absolute atomic E-state index is 0.0640. The van der Waals surface area contributed by atoms with Crippen molar-refractivity contribution in [1.82, 2.24) is 19.5 Å². The monoisotopic (exact) mass is 409 g/mol. The normalized spacial score (nSPS) is 16.6. The van der Waals surface area contributed by atoms with Crippen molar-refractivity contribution < 1.29 is 4.79 Å². The highest BCUT2D eigenvalue weighted by molar-refractivity contribution is 6.31. The standard InChI is InChI=1S/C21H20ClN5O2/c1-26-19(28)11-18(17-7-8-23-13-24-17)25-21(26)27-9-3-5-15(12-27)20(29)14-4-2-6-16(22)10-14/h2,4,6-8,10-11,13,15H,3,5,9,12H2,1H3. The minimum Gasteiger partial charge on any atom is -0.341 e. The molecule has 1 unspecified atom stereocenters. The Morgan fingerprint density at radius 3 is 2.83 bits per heavy atom. The number of piperidine rings is 1. The van der Waals surface area contributed by atoms with Crippen LogP contribution in [0.3, 0.4) is 0 Å². The second kappa shape index (κ2) is 8.13. The molecule has 1 fully saturated rings. The van der Waals surface area contributed by atoms with E-state index in [1.807, 2.05) is 4.90 Å². The summed E-state index contributed by atoms with van der Waals surface area (Å²) in [6, 6.07) is 10.2. The molecule has 0 N–H and O–H groups in total. The van der Waals surface area contributed by atoms with Gasteiger partial charge in [0.1, 0.15) is 6.33 Å². The van der Waals surface area contributed by atoms with Crippen molar-refractivity contribution in [2.45, 2.75) is 12.8 Å². The molecule has 7 nitrogen and oxygen atoms in total. The molecule has 0 aliphatic carbocycles. The van der Waals surface area contributed by atoms with Gasteiger partial charge in [-0.25, -0.2) is 15.0 Å². The molecular formula is C21H20ClN5O2. The number of rotatable bonds is 4. The van der Waals surface area contributed by atoms with Gasteiger partial charge in [-0.15, -0.1) is 0 Å². The summed E-state index contributed by atoms with van der Waals surface area (Å²) >= 11 is 6.05. The third-order valence-corrected chi connectivity index (χ3v) is 5.37. The maximum atomic E-state index is 13.0. The number of aromatic nitrogens is 4. The number of anilines is 1. The van der Waals surface area contributed by atoms with Crippen LogP contribution in [0.4, 0.5) is 5.95 Å². The number of carbonyl (C=O) groups excluding carboxylic acids is 1. The summed E-state index contributed by atoms with van der Waals surface area (Å²) in [6.45, 7) is 1.23. The lowest BCUT2D eigenvalue weighted by Gasteiger charge is -2.33. The Hall–Kier alpha value is -3.06. The number of Topliss-reactive ketones (excluding diaryl/α,β-unsaturated/α-hetero) is 1. The lowest BCUT2D eigenvalue weighted by Crippen LogP contribution is -2.42. The van der Waals surface area contributed by atoms with E-state index in [-0.39, 0.29) is 17.3 Å². The molecule has 148 valence electrons. The topological polar surface area (TPSA) is 81.0 Å². The van der Waals surface area contributed by atoms with Gasteiger partial charge in [0.25, 0.3) is 5.56 Å². The average molecular weight is 410 g/mol. The number of halogens is 1. The van der Waals surface area contributed by atoms with Crippen molar-refractivity contribution in [2.24, 2.45) is 13.0 Å². The Labute approximate surface area is 173 Å². The molecule has 1 aliphatic rings. The van der Waals surface area contributed by atoms with E-state index in [9.17, 15) is 9.59 Å². The first-order chi connectivity index (χ1) is 14.0. The third-order valence-electron chi connectivity index (χ3n) is 5.14. The van der Waals surface area contributed by atoms with Gasteiger partial charge in [-0.05, 0) is 31.0 Å². The van der Waals surface area contributed by atoms with Crippen molar-refractivity contribution in [2.75, 3.05) is 18.0 Å². The van der Waals surface area contributed by atoms with Crippen LogP contribution in [0, 0.1) is 5.92 Å². The lowest BCUT2D eigenvalue weighted by molar-refractivity contribution is 0.0906. The van der Waals surface area contributed by atoms with Crippen molar-refractivity contribution in [1.29, 1.82) is 0 Å². The molecule has 0 amide bonds. The fourth-order valence-electron chi connectivity index (χ4n) is 3.63. The second-order valence-electron chi connectivity index (χ2n) is 7.09. The molecule has 0 bridgehead atoms. The van der Waals surface area contributed by atoms with Crippen LogP contribution in [0.25, 0.3) is 11.4 Å². The third kappa shape index (κ3) is 4.05. The van der Waals surface area contributed by atoms with Crippen molar-refractivity contribution in [3.8, 4) is 11.4 Å². The van der Waals surface area contributed by atoms with Gasteiger partial charge in [-0.2, -0.15) is 0 Å². The zero-order valence-corrected chi connectivity index (χ0v) is 16.7. The molecule has 1 atom stereocenters. The van der Waals surface area contributed by atoms with E-state index >= 15 is 0 Å². The predicted octanol–water partition coefficient (Wildman–Crippen LogP) is 2.99. The van der Waals surface area contributed by atoms with E-state index in [0.29, 0.717) is 34.5 Å². The summed E-state index contributed by atoms with van der Waals surface area (Å²) < 4.78 is 1.51. The van der Waals surface area contributed by atoms with Gasteiger partial charge in [0.05, 0.1) is 11.4 Å². The molecule has 29 heavy (non-hydrogen) atoms. The lowest BCUT2D eigenvalue weighted by atomic mass is 9.90. The molecule has 3 aromatic rings. The smallest absolute Gasteiger partial charge is 0.255 e. The molecule has 1 saturated heterocycles. The summed E-state index contributed by atoms with van der Waals surface area (Å²) in [6.07, 6.45) is 4.67. The minimum atomic E-state index is -0.179. The molecule has 0 saturated carbocycles. The van der Waals surface area contributed by atoms with Gasteiger partial charge in [-0.3, -0.25) is 14.2 Å². The highest BCUT2D eigenvalue weighted by Crippen LogP contribution is 2.26. The number of benzene rings is 1. The largest absolute Gasteiger partial charge is 0.341 e. The fourth-order valence-corrected chi connectivity index (χ4v) is 3.82. The summed E-state index contributed by atoms with van der Waals surface area (Å²) in [5.41, 5.74) is 1.52. The van der Waals surface area contributed by atoms with E-state index in [2.05, 4.69) is 15.0 Å². The van der Waals surface area contributed by atoms with Crippen molar-refractivity contribution in [3.63, 3.8) is 0 Å². The summed E-state index contributed by atoms with van der Waals surface area (Å²) in [4.78, 5) is 40.3. The van der Waals surface area contributed by atoms with E-state index < -0.39 is 0 Å². The van der Waals surface area contributed by atoms with Crippen LogP contribution in [-0.4, -0.2) is 38.4 Å². The van der Waals surface area contributed by atoms with Gasteiger partial charge in [0.2, 0.25) is 5.95 Å². The second-order valence-corrected chi connectivity index (χ2v) is 7.53. The Morgan fingerprint density at radius 2 is 2.07 bits per heavy atom. The van der Waals surface area contributed by atoms with Crippen LogP contribution in [0.5, 0.6) is 0 Å². The zero-order valence-electron chi connectivity index (χ0n) is 16.0. The van der Waals surface area contributed by atoms with Crippen molar-refractivity contribution >= 4 is 23.3 Å². The number of hydrogen-bond acceptors (Lipinski definition) is 6. The fraction of sp³-hybridized carbons (Fsp3) is 0.286. The highest BCUT2D eigenvalue weighted by Gasteiger charge is 2.29. The first-order valence-corrected chi connectivity index (χ1v) is 9.80. The molecule has 8 heteroatoms. The number of hydrogen-bond donors (Lipinski definition) is 0. The van der Waals surface area contributed by atoms with Crippen LogP contribution >= 0.6 is 11.6 Å². The maximum absolute atomic E-state index is 13.0. The molecule has 0 radical (unpaired) electrons.